The zero-order valence-corrected chi connectivity index (χ0v) is 13.1. The molecule has 0 radical (unpaired) electrons. The van der Waals surface area contributed by atoms with E-state index in [1.165, 1.54) is 32.4 Å². The van der Waals surface area contributed by atoms with E-state index in [9.17, 15) is 0 Å². The van der Waals surface area contributed by atoms with Crippen molar-refractivity contribution < 1.29 is 0 Å². The van der Waals surface area contributed by atoms with Crippen molar-refractivity contribution in [2.45, 2.75) is 47.0 Å². The van der Waals surface area contributed by atoms with Crippen LogP contribution in [0.3, 0.4) is 0 Å². The van der Waals surface area contributed by atoms with Gasteiger partial charge in [0.1, 0.15) is 0 Å². The summed E-state index contributed by atoms with van der Waals surface area (Å²) in [6.07, 6.45) is 4.22. The fourth-order valence-electron chi connectivity index (χ4n) is 0.802. The molecule has 1 saturated heterocycles. The molecule has 0 atom stereocenters. The minimum atomic E-state index is 1.25. The number of rotatable bonds is 0. The lowest BCUT2D eigenvalue weighted by Crippen LogP contribution is -2.21. The number of hydrogen-bond donors (Lipinski definition) is 1. The van der Waals surface area contributed by atoms with Gasteiger partial charge in [-0.1, -0.05) is 34.1 Å². The van der Waals surface area contributed by atoms with Crippen molar-refractivity contribution in [1.82, 2.24) is 5.32 Å². The zero-order chi connectivity index (χ0) is 10.2. The molecule has 0 aromatic rings. The monoisotopic (exact) mass is 399 g/mol. The summed E-state index contributed by atoms with van der Waals surface area (Å²) < 4.78 is 0. The molecular weight excluding hydrogens is 376 g/mol. The highest BCUT2D eigenvalue weighted by atomic mass is 128. The molecule has 0 aliphatic carbocycles. The SMILES string of the molecule is C1CCNCC1.CC.CC.II. The Hall–Kier alpha value is 1.42. The predicted octanol–water partition coefficient (Wildman–Crippen LogP) is 4.58. The quantitative estimate of drug-likeness (QED) is 0.588. The summed E-state index contributed by atoms with van der Waals surface area (Å²) in [5, 5.41) is 3.28. The molecule has 0 aromatic carbocycles. The molecule has 1 fully saturated rings. The van der Waals surface area contributed by atoms with E-state index in [2.05, 4.69) is 42.5 Å². The van der Waals surface area contributed by atoms with Gasteiger partial charge < -0.3 is 5.32 Å². The van der Waals surface area contributed by atoms with Gasteiger partial charge in [0.05, 0.1) is 0 Å². The van der Waals surface area contributed by atoms with Gasteiger partial charge in [0.15, 0.2) is 0 Å². The molecule has 0 unspecified atom stereocenters. The van der Waals surface area contributed by atoms with Crippen LogP contribution in [0.4, 0.5) is 0 Å². The maximum Gasteiger partial charge on any atom is 0 e. The maximum atomic E-state index is 3.28. The Morgan fingerprint density at radius 2 is 1.08 bits per heavy atom. The molecule has 3 heteroatoms. The smallest absolute Gasteiger partial charge is 0 e. The van der Waals surface area contributed by atoms with Crippen LogP contribution in [0, 0.1) is 0 Å². The van der Waals surface area contributed by atoms with Crippen molar-refractivity contribution in [3.05, 3.63) is 0 Å². The zero-order valence-electron chi connectivity index (χ0n) is 8.79. The Bertz CT molecular complexity index is 28.0. The van der Waals surface area contributed by atoms with Crippen molar-refractivity contribution in [2.24, 2.45) is 0 Å². The average molecular weight is 399 g/mol. The van der Waals surface area contributed by atoms with Crippen molar-refractivity contribution >= 4 is 37.2 Å². The molecular formula is C9H23I2N. The fraction of sp³-hybridized carbons (Fsp3) is 1.00. The molecule has 1 nitrogen and oxygen atoms in total. The summed E-state index contributed by atoms with van der Waals surface area (Å²) in [4.78, 5) is 0. The van der Waals surface area contributed by atoms with Gasteiger partial charge in [-0.3, -0.25) is 0 Å². The van der Waals surface area contributed by atoms with Gasteiger partial charge >= 0.3 is 0 Å². The van der Waals surface area contributed by atoms with E-state index in [1.807, 2.05) is 27.7 Å². The third kappa shape index (κ3) is 22.5. The van der Waals surface area contributed by atoms with Gasteiger partial charge in [-0.15, -0.1) is 0 Å². The Kier molecular flexibility index (Phi) is 46.7. The summed E-state index contributed by atoms with van der Waals surface area (Å²) in [5.74, 6) is 0. The molecule has 1 aliphatic heterocycles. The second kappa shape index (κ2) is 29.4. The summed E-state index contributed by atoms with van der Waals surface area (Å²) in [5.41, 5.74) is 0. The minimum absolute atomic E-state index is 1.25. The van der Waals surface area contributed by atoms with Crippen molar-refractivity contribution in [1.29, 1.82) is 0 Å². The molecule has 0 amide bonds. The van der Waals surface area contributed by atoms with Gasteiger partial charge in [-0.2, -0.15) is 0 Å². The first-order chi connectivity index (χ1) is 6.00. The lowest BCUT2D eigenvalue weighted by molar-refractivity contribution is 0.520. The highest BCUT2D eigenvalue weighted by Gasteiger charge is 1.93. The molecule has 0 spiro atoms. The Labute approximate surface area is 102 Å². The van der Waals surface area contributed by atoms with E-state index in [0.717, 1.165) is 0 Å². The van der Waals surface area contributed by atoms with Crippen LogP contribution in [0.1, 0.15) is 47.0 Å². The second-order valence-corrected chi connectivity index (χ2v) is 1.81. The van der Waals surface area contributed by atoms with Gasteiger partial charge in [0, 0.05) is 37.2 Å². The number of piperidine rings is 1. The molecule has 1 rings (SSSR count). The van der Waals surface area contributed by atoms with Crippen molar-refractivity contribution in [3.8, 4) is 0 Å². The first-order valence-electron chi connectivity index (χ1n) is 4.85. The van der Waals surface area contributed by atoms with Crippen molar-refractivity contribution in [2.75, 3.05) is 13.1 Å². The normalized spacial score (nSPS) is 13.5. The van der Waals surface area contributed by atoms with Crippen LogP contribution in [0.25, 0.3) is 0 Å². The standard InChI is InChI=1S/C5H11N.2C2H6.I2/c1-2-4-6-5-3-1;3*1-2/h6H,1-5H2;2*1-2H3;. The van der Waals surface area contributed by atoms with Gasteiger partial charge in [-0.25, -0.2) is 0 Å². The Morgan fingerprint density at radius 3 is 1.17 bits per heavy atom. The van der Waals surface area contributed by atoms with Crippen LogP contribution in [0.5, 0.6) is 0 Å². The second-order valence-electron chi connectivity index (χ2n) is 1.81. The largest absolute Gasteiger partial charge is 0.317 e. The molecule has 12 heavy (non-hydrogen) atoms. The Balaban J connectivity index is -0.000000117. The highest BCUT2D eigenvalue weighted by Crippen LogP contribution is 1.96. The summed E-state index contributed by atoms with van der Waals surface area (Å²) in [6.45, 7) is 10.5. The fourth-order valence-corrected chi connectivity index (χ4v) is 0.802. The van der Waals surface area contributed by atoms with Gasteiger partial charge in [0.25, 0.3) is 0 Å². The number of halogens is 2. The van der Waals surface area contributed by atoms with Crippen LogP contribution in [0.15, 0.2) is 0 Å². The molecule has 1 heterocycles. The van der Waals surface area contributed by atoms with E-state index in [-0.39, 0.29) is 0 Å². The molecule has 1 N–H and O–H groups in total. The van der Waals surface area contributed by atoms with Gasteiger partial charge in [-0.05, 0) is 25.9 Å². The topological polar surface area (TPSA) is 12.0 Å². The Morgan fingerprint density at radius 1 is 0.750 bits per heavy atom. The summed E-state index contributed by atoms with van der Waals surface area (Å²) in [7, 11) is 0. The van der Waals surface area contributed by atoms with Crippen molar-refractivity contribution in [3.63, 3.8) is 0 Å². The maximum absolute atomic E-state index is 3.28. The van der Waals surface area contributed by atoms with E-state index in [1.54, 1.807) is 0 Å². The van der Waals surface area contributed by atoms with Crippen LogP contribution < -0.4 is 5.32 Å². The summed E-state index contributed by atoms with van der Waals surface area (Å²) in [6, 6.07) is 0. The molecule has 1 aliphatic rings. The van der Waals surface area contributed by atoms with E-state index < -0.39 is 0 Å². The molecule has 0 saturated carbocycles. The molecule has 0 aromatic heterocycles. The molecule has 0 bridgehead atoms. The summed E-state index contributed by atoms with van der Waals surface area (Å²) >= 11 is 4.24. The molecule has 78 valence electrons. The van der Waals surface area contributed by atoms with E-state index in [4.69, 9.17) is 0 Å². The minimum Gasteiger partial charge on any atom is -0.317 e. The first-order valence-corrected chi connectivity index (χ1v) is 11.1. The van der Waals surface area contributed by atoms with Crippen LogP contribution in [0.2, 0.25) is 0 Å². The third-order valence-corrected chi connectivity index (χ3v) is 1.21. The predicted molar refractivity (Wildman–Crippen MR) is 77.5 cm³/mol. The number of nitrogens with one attached hydrogen (secondary N) is 1. The first kappa shape index (κ1) is 19.1. The van der Waals surface area contributed by atoms with Gasteiger partial charge in [0.2, 0.25) is 0 Å². The van der Waals surface area contributed by atoms with Crippen LogP contribution in [-0.4, -0.2) is 13.1 Å². The van der Waals surface area contributed by atoms with Crippen LogP contribution in [-0.2, 0) is 0 Å². The highest BCUT2D eigenvalue weighted by molar-refractivity contribution is 15.0. The van der Waals surface area contributed by atoms with Crippen LogP contribution >= 0.6 is 37.2 Å². The lowest BCUT2D eigenvalue weighted by atomic mass is 10.2. The average Bonchev–Trinajstić information content (AvgIpc) is 2.29. The lowest BCUT2D eigenvalue weighted by Gasteiger charge is -2.08. The van der Waals surface area contributed by atoms with E-state index >= 15 is 0 Å². The third-order valence-electron chi connectivity index (χ3n) is 1.21. The van der Waals surface area contributed by atoms with E-state index in [0.29, 0.717) is 0 Å². The number of hydrogen-bond acceptors (Lipinski definition) is 1.